The van der Waals surface area contributed by atoms with Crippen LogP contribution >= 0.6 is 39.3 Å². The Labute approximate surface area is 127 Å². The highest BCUT2D eigenvalue weighted by molar-refractivity contribution is 9.10. The molecule has 0 bridgehead atoms. The molecule has 98 valence electrons. The number of nitrogens with zero attached hydrogens (tertiary/aromatic N) is 5. The minimum Gasteiger partial charge on any atom is -0.312 e. The molecule has 0 radical (unpaired) electrons. The molecule has 3 heterocycles. The van der Waals surface area contributed by atoms with Gasteiger partial charge in [0.05, 0.1) is 10.7 Å². The van der Waals surface area contributed by atoms with E-state index < -0.39 is 0 Å². The summed E-state index contributed by atoms with van der Waals surface area (Å²) in [6.07, 6.45) is 3.52. The largest absolute Gasteiger partial charge is 0.312 e. The van der Waals surface area contributed by atoms with E-state index in [0.29, 0.717) is 10.8 Å². The Hall–Kier alpha value is -1.05. The zero-order valence-corrected chi connectivity index (χ0v) is 13.1. The molecule has 0 unspecified atom stereocenters. The van der Waals surface area contributed by atoms with Crippen molar-refractivity contribution in [2.75, 3.05) is 0 Å². The number of hydrogen-bond donors (Lipinski definition) is 0. The Bertz CT molecular complexity index is 738. The van der Waals surface area contributed by atoms with Gasteiger partial charge in [0.2, 0.25) is 0 Å². The Kier molecular flexibility index (Phi) is 3.51. The summed E-state index contributed by atoms with van der Waals surface area (Å²) in [7, 11) is 1.92. The van der Waals surface area contributed by atoms with Crippen molar-refractivity contribution in [2.45, 2.75) is 10.9 Å². The molecule has 0 aliphatic carbocycles. The van der Waals surface area contributed by atoms with Gasteiger partial charge < -0.3 is 4.57 Å². The van der Waals surface area contributed by atoms with Crippen molar-refractivity contribution in [2.24, 2.45) is 7.05 Å². The van der Waals surface area contributed by atoms with Gasteiger partial charge in [-0.25, -0.2) is 4.98 Å². The van der Waals surface area contributed by atoms with Crippen LogP contribution in [0, 0.1) is 0 Å². The fourth-order valence-corrected chi connectivity index (χ4v) is 3.35. The van der Waals surface area contributed by atoms with Gasteiger partial charge in [-0.05, 0) is 28.1 Å². The highest BCUT2D eigenvalue weighted by Crippen LogP contribution is 2.27. The Balaban J connectivity index is 1.89. The third-order valence-corrected chi connectivity index (χ3v) is 4.71. The number of hydrogen-bond acceptors (Lipinski definition) is 4. The lowest BCUT2D eigenvalue weighted by Crippen LogP contribution is -1.90. The second kappa shape index (κ2) is 5.15. The highest BCUT2D eigenvalue weighted by Gasteiger charge is 2.11. The highest BCUT2D eigenvalue weighted by atomic mass is 79.9. The van der Waals surface area contributed by atoms with E-state index in [4.69, 9.17) is 11.6 Å². The Morgan fingerprint density at radius 3 is 3.00 bits per heavy atom. The first-order valence-electron chi connectivity index (χ1n) is 5.44. The molecule has 8 heteroatoms. The molecule has 0 fully saturated rings. The van der Waals surface area contributed by atoms with E-state index in [-0.39, 0.29) is 0 Å². The van der Waals surface area contributed by atoms with Gasteiger partial charge in [-0.15, -0.1) is 10.2 Å². The number of imidazole rings is 1. The molecule has 0 aliphatic heterocycles. The zero-order valence-electron chi connectivity index (χ0n) is 9.92. The zero-order chi connectivity index (χ0) is 13.4. The van der Waals surface area contributed by atoms with E-state index in [9.17, 15) is 0 Å². The summed E-state index contributed by atoms with van der Waals surface area (Å²) in [6.45, 7) is 0. The molecule has 0 saturated heterocycles. The number of aryl methyl sites for hydroxylation is 1. The molecule has 3 aromatic rings. The minimum atomic E-state index is 0.679. The van der Waals surface area contributed by atoms with Crippen LogP contribution < -0.4 is 0 Å². The van der Waals surface area contributed by atoms with Crippen LogP contribution in [0.15, 0.2) is 34.4 Å². The van der Waals surface area contributed by atoms with Crippen LogP contribution in [0.4, 0.5) is 0 Å². The Morgan fingerprint density at radius 2 is 2.26 bits per heavy atom. The quantitative estimate of drug-likeness (QED) is 0.675. The summed E-state index contributed by atoms with van der Waals surface area (Å²) in [5.74, 6) is 0.715. The van der Waals surface area contributed by atoms with Gasteiger partial charge in [0.25, 0.3) is 0 Å². The van der Waals surface area contributed by atoms with Crippen molar-refractivity contribution in [1.29, 1.82) is 0 Å². The predicted octanol–water partition coefficient (Wildman–Crippen LogP) is 3.17. The topological polar surface area (TPSA) is 48.0 Å². The number of rotatable bonds is 3. The number of fused-ring (bicyclic) bond motifs is 1. The lowest BCUT2D eigenvalue weighted by Gasteiger charge is -1.98. The minimum absolute atomic E-state index is 0.679. The maximum absolute atomic E-state index is 5.98. The number of aromatic nitrogens is 5. The molecule has 0 atom stereocenters. The van der Waals surface area contributed by atoms with E-state index in [0.717, 1.165) is 21.1 Å². The van der Waals surface area contributed by atoms with E-state index in [1.54, 1.807) is 18.1 Å². The second-order valence-corrected chi connectivity index (χ2v) is 6.07. The maximum Gasteiger partial charge on any atom is 0.191 e. The molecular formula is C11H9BrClN5S. The van der Waals surface area contributed by atoms with Gasteiger partial charge in [0, 0.05) is 19.0 Å². The summed E-state index contributed by atoms with van der Waals surface area (Å²) in [5, 5.41) is 9.42. The van der Waals surface area contributed by atoms with Crippen LogP contribution in [-0.2, 0) is 12.8 Å². The fourth-order valence-electron chi connectivity index (χ4n) is 1.67. The van der Waals surface area contributed by atoms with Crippen molar-refractivity contribution in [3.05, 3.63) is 40.0 Å². The molecule has 3 aromatic heterocycles. The lowest BCUT2D eigenvalue weighted by molar-refractivity contribution is 0.788. The monoisotopic (exact) mass is 357 g/mol. The molecule has 3 rings (SSSR count). The van der Waals surface area contributed by atoms with Crippen LogP contribution in [0.5, 0.6) is 0 Å². The average Bonchev–Trinajstić information content (AvgIpc) is 2.93. The van der Waals surface area contributed by atoms with Gasteiger partial charge in [-0.3, -0.25) is 4.40 Å². The standard InChI is InChI=1S/C11H9BrClN5S/c1-17-6-14-16-11(17)19-5-8-10(12)18-4-7(13)2-3-9(18)15-8/h2-4,6H,5H2,1H3. The van der Waals surface area contributed by atoms with Crippen LogP contribution in [0.1, 0.15) is 5.69 Å². The second-order valence-electron chi connectivity index (χ2n) is 3.94. The van der Waals surface area contributed by atoms with E-state index in [1.807, 2.05) is 34.3 Å². The summed E-state index contributed by atoms with van der Waals surface area (Å²) >= 11 is 11.1. The van der Waals surface area contributed by atoms with Gasteiger partial charge in [0.15, 0.2) is 5.16 Å². The third kappa shape index (κ3) is 2.50. The molecule has 0 N–H and O–H groups in total. The van der Waals surface area contributed by atoms with Crippen LogP contribution in [0.25, 0.3) is 5.65 Å². The summed E-state index contributed by atoms with van der Waals surface area (Å²) < 4.78 is 4.72. The molecule has 5 nitrogen and oxygen atoms in total. The summed E-state index contributed by atoms with van der Waals surface area (Å²) in [6, 6.07) is 3.72. The summed E-state index contributed by atoms with van der Waals surface area (Å²) in [5.41, 5.74) is 1.82. The molecule has 0 saturated carbocycles. The maximum atomic E-state index is 5.98. The van der Waals surface area contributed by atoms with Gasteiger partial charge in [-0.1, -0.05) is 23.4 Å². The van der Waals surface area contributed by atoms with E-state index in [1.165, 1.54) is 0 Å². The van der Waals surface area contributed by atoms with Crippen LogP contribution in [0.2, 0.25) is 5.02 Å². The first kappa shape index (κ1) is 13.0. The van der Waals surface area contributed by atoms with Gasteiger partial charge >= 0.3 is 0 Å². The normalized spacial score (nSPS) is 11.3. The van der Waals surface area contributed by atoms with Crippen LogP contribution in [0.3, 0.4) is 0 Å². The first-order chi connectivity index (χ1) is 9.15. The summed E-state index contributed by atoms with van der Waals surface area (Å²) in [4.78, 5) is 4.56. The van der Waals surface area contributed by atoms with Gasteiger partial charge in [0.1, 0.15) is 16.6 Å². The molecular weight excluding hydrogens is 350 g/mol. The van der Waals surface area contributed by atoms with Crippen molar-refractivity contribution < 1.29 is 0 Å². The van der Waals surface area contributed by atoms with E-state index >= 15 is 0 Å². The molecule has 0 aromatic carbocycles. The van der Waals surface area contributed by atoms with Gasteiger partial charge in [-0.2, -0.15) is 0 Å². The molecule has 0 aliphatic rings. The van der Waals surface area contributed by atoms with Crippen molar-refractivity contribution in [3.8, 4) is 0 Å². The Morgan fingerprint density at radius 1 is 1.42 bits per heavy atom. The molecule has 0 spiro atoms. The van der Waals surface area contributed by atoms with Crippen LogP contribution in [-0.4, -0.2) is 24.1 Å². The number of halogens is 2. The van der Waals surface area contributed by atoms with Crippen molar-refractivity contribution >= 4 is 44.9 Å². The predicted molar refractivity (Wildman–Crippen MR) is 78.5 cm³/mol. The number of thioether (sulfide) groups is 1. The SMILES string of the molecule is Cn1cnnc1SCc1nc2ccc(Cl)cn2c1Br. The smallest absolute Gasteiger partial charge is 0.191 e. The molecule has 0 amide bonds. The first-order valence-corrected chi connectivity index (χ1v) is 7.59. The lowest BCUT2D eigenvalue weighted by atomic mass is 10.5. The van der Waals surface area contributed by atoms with Crippen molar-refractivity contribution in [3.63, 3.8) is 0 Å². The number of pyridine rings is 1. The third-order valence-electron chi connectivity index (χ3n) is 2.60. The average molecular weight is 359 g/mol. The fraction of sp³-hybridized carbons (Fsp3) is 0.182. The van der Waals surface area contributed by atoms with Crippen molar-refractivity contribution in [1.82, 2.24) is 24.1 Å². The molecule has 19 heavy (non-hydrogen) atoms. The van der Waals surface area contributed by atoms with E-state index in [2.05, 4.69) is 31.1 Å².